The van der Waals surface area contributed by atoms with Crippen LogP contribution in [-0.4, -0.2) is 40.8 Å². The molecule has 0 aliphatic carbocycles. The van der Waals surface area contributed by atoms with E-state index in [1.54, 1.807) is 0 Å². The van der Waals surface area contributed by atoms with Gasteiger partial charge in [0.25, 0.3) is 0 Å². The van der Waals surface area contributed by atoms with Crippen LogP contribution in [0.5, 0.6) is 0 Å². The molecule has 2 heterocycles. The molecular formula is C16H24N2O. The second kappa shape index (κ2) is 5.23. The largest absolute Gasteiger partial charge is 0.387 e. The van der Waals surface area contributed by atoms with Crippen LogP contribution in [0.3, 0.4) is 0 Å². The summed E-state index contributed by atoms with van der Waals surface area (Å²) >= 11 is 0. The lowest BCUT2D eigenvalue weighted by atomic mass is 9.86. The molecule has 3 atom stereocenters. The van der Waals surface area contributed by atoms with E-state index in [2.05, 4.69) is 47.5 Å². The molecule has 3 rings (SSSR count). The van der Waals surface area contributed by atoms with E-state index >= 15 is 0 Å². The van der Waals surface area contributed by atoms with Crippen molar-refractivity contribution in [2.24, 2.45) is 0 Å². The van der Waals surface area contributed by atoms with Gasteiger partial charge in [0, 0.05) is 25.2 Å². The first-order valence-corrected chi connectivity index (χ1v) is 7.44. The van der Waals surface area contributed by atoms with E-state index in [0.29, 0.717) is 0 Å². The molecule has 2 aliphatic heterocycles. The van der Waals surface area contributed by atoms with Gasteiger partial charge < -0.3 is 10.4 Å². The fourth-order valence-corrected chi connectivity index (χ4v) is 3.65. The van der Waals surface area contributed by atoms with Gasteiger partial charge >= 0.3 is 0 Å². The van der Waals surface area contributed by atoms with E-state index < -0.39 is 5.60 Å². The highest BCUT2D eigenvalue weighted by molar-refractivity contribution is 5.16. The lowest BCUT2D eigenvalue weighted by Crippen LogP contribution is -2.54. The Morgan fingerprint density at radius 2 is 2.16 bits per heavy atom. The van der Waals surface area contributed by atoms with Crippen LogP contribution in [0.1, 0.15) is 31.7 Å². The number of aliphatic hydroxyl groups is 1. The standard InChI is InChI=1S/C16H24N2O/c1-13-16(19,15-8-5-10-17-15)9-11-18(13)12-14-6-3-2-4-7-14/h2-4,6-7,13,15,17,19H,5,8-12H2,1H3. The summed E-state index contributed by atoms with van der Waals surface area (Å²) < 4.78 is 0. The molecule has 2 N–H and O–H groups in total. The fraction of sp³-hybridized carbons (Fsp3) is 0.625. The van der Waals surface area contributed by atoms with Crippen LogP contribution >= 0.6 is 0 Å². The van der Waals surface area contributed by atoms with Gasteiger partial charge in [-0.05, 0) is 38.3 Å². The van der Waals surface area contributed by atoms with Gasteiger partial charge in [-0.2, -0.15) is 0 Å². The predicted molar refractivity (Wildman–Crippen MR) is 76.9 cm³/mol. The molecule has 0 bridgehead atoms. The topological polar surface area (TPSA) is 35.5 Å². The highest BCUT2D eigenvalue weighted by Gasteiger charge is 2.49. The molecule has 1 aromatic carbocycles. The summed E-state index contributed by atoms with van der Waals surface area (Å²) in [7, 11) is 0. The Kier molecular flexibility index (Phi) is 3.61. The number of likely N-dealkylation sites (tertiary alicyclic amines) is 1. The molecule has 0 aromatic heterocycles. The van der Waals surface area contributed by atoms with Gasteiger partial charge in [0.1, 0.15) is 0 Å². The van der Waals surface area contributed by atoms with E-state index in [-0.39, 0.29) is 12.1 Å². The smallest absolute Gasteiger partial charge is 0.0963 e. The highest BCUT2D eigenvalue weighted by atomic mass is 16.3. The van der Waals surface area contributed by atoms with E-state index in [1.807, 2.05) is 0 Å². The van der Waals surface area contributed by atoms with Crippen molar-refractivity contribution in [3.63, 3.8) is 0 Å². The average Bonchev–Trinajstić information content (AvgIpc) is 3.05. The minimum Gasteiger partial charge on any atom is -0.387 e. The third-order valence-corrected chi connectivity index (χ3v) is 4.96. The van der Waals surface area contributed by atoms with Crippen LogP contribution in [0.25, 0.3) is 0 Å². The van der Waals surface area contributed by atoms with Crippen molar-refractivity contribution in [3.8, 4) is 0 Å². The maximum atomic E-state index is 11.0. The van der Waals surface area contributed by atoms with Crippen molar-refractivity contribution in [1.82, 2.24) is 10.2 Å². The van der Waals surface area contributed by atoms with Crippen LogP contribution in [0, 0.1) is 0 Å². The quantitative estimate of drug-likeness (QED) is 0.869. The molecule has 0 spiro atoms. The average molecular weight is 260 g/mol. The molecule has 104 valence electrons. The normalized spacial score (nSPS) is 35.9. The zero-order chi connectivity index (χ0) is 13.3. The van der Waals surface area contributed by atoms with E-state index in [0.717, 1.165) is 32.5 Å². The number of hydrogen-bond donors (Lipinski definition) is 2. The SMILES string of the molecule is CC1N(Cc2ccccc2)CCC1(O)C1CCCN1. The summed E-state index contributed by atoms with van der Waals surface area (Å²) in [6.45, 7) is 5.16. The van der Waals surface area contributed by atoms with Crippen LogP contribution in [0.2, 0.25) is 0 Å². The second-order valence-corrected chi connectivity index (χ2v) is 6.02. The Balaban J connectivity index is 1.69. The first kappa shape index (κ1) is 13.1. The molecular weight excluding hydrogens is 236 g/mol. The van der Waals surface area contributed by atoms with Crippen LogP contribution in [0.15, 0.2) is 30.3 Å². The summed E-state index contributed by atoms with van der Waals surface area (Å²) in [5.41, 5.74) is 0.781. The second-order valence-electron chi connectivity index (χ2n) is 6.02. The minimum absolute atomic E-state index is 0.225. The monoisotopic (exact) mass is 260 g/mol. The number of nitrogens with one attached hydrogen (secondary N) is 1. The summed E-state index contributed by atoms with van der Waals surface area (Å²) in [4.78, 5) is 2.41. The number of hydrogen-bond acceptors (Lipinski definition) is 3. The van der Waals surface area contributed by atoms with Crippen molar-refractivity contribution in [1.29, 1.82) is 0 Å². The summed E-state index contributed by atoms with van der Waals surface area (Å²) in [6.07, 6.45) is 3.19. The van der Waals surface area contributed by atoms with Gasteiger partial charge in [-0.25, -0.2) is 0 Å². The van der Waals surface area contributed by atoms with Gasteiger partial charge in [0.05, 0.1) is 5.60 Å². The maximum absolute atomic E-state index is 11.0. The third-order valence-electron chi connectivity index (χ3n) is 4.96. The maximum Gasteiger partial charge on any atom is 0.0963 e. The number of nitrogens with zero attached hydrogens (tertiary/aromatic N) is 1. The van der Waals surface area contributed by atoms with Crippen molar-refractivity contribution in [2.75, 3.05) is 13.1 Å². The van der Waals surface area contributed by atoms with E-state index in [1.165, 1.54) is 12.0 Å². The molecule has 3 unspecified atom stereocenters. The Morgan fingerprint density at radius 1 is 1.37 bits per heavy atom. The van der Waals surface area contributed by atoms with Gasteiger partial charge in [0.15, 0.2) is 0 Å². The fourth-order valence-electron chi connectivity index (χ4n) is 3.65. The van der Waals surface area contributed by atoms with Gasteiger partial charge in [-0.3, -0.25) is 4.90 Å². The van der Waals surface area contributed by atoms with Crippen molar-refractivity contribution in [3.05, 3.63) is 35.9 Å². The predicted octanol–water partition coefficient (Wildman–Crippen LogP) is 1.76. The summed E-state index contributed by atoms with van der Waals surface area (Å²) in [5.74, 6) is 0. The first-order chi connectivity index (χ1) is 9.20. The van der Waals surface area contributed by atoms with E-state index in [9.17, 15) is 5.11 Å². The molecule has 0 radical (unpaired) electrons. The van der Waals surface area contributed by atoms with Gasteiger partial charge in [0.2, 0.25) is 0 Å². The first-order valence-electron chi connectivity index (χ1n) is 7.44. The molecule has 2 fully saturated rings. The van der Waals surface area contributed by atoms with Crippen LogP contribution in [-0.2, 0) is 6.54 Å². The number of rotatable bonds is 3. The lowest BCUT2D eigenvalue weighted by Gasteiger charge is -2.36. The van der Waals surface area contributed by atoms with Gasteiger partial charge in [-0.1, -0.05) is 30.3 Å². The Hall–Kier alpha value is -0.900. The third kappa shape index (κ3) is 2.42. The molecule has 3 heteroatoms. The van der Waals surface area contributed by atoms with Crippen molar-refractivity contribution in [2.45, 2.75) is 50.4 Å². The molecule has 3 nitrogen and oxygen atoms in total. The highest BCUT2D eigenvalue weighted by Crippen LogP contribution is 2.35. The summed E-state index contributed by atoms with van der Waals surface area (Å²) in [6, 6.07) is 11.1. The molecule has 19 heavy (non-hydrogen) atoms. The summed E-state index contributed by atoms with van der Waals surface area (Å²) in [5, 5.41) is 14.5. The zero-order valence-corrected chi connectivity index (χ0v) is 11.7. The van der Waals surface area contributed by atoms with Crippen molar-refractivity contribution < 1.29 is 5.11 Å². The molecule has 0 amide bonds. The van der Waals surface area contributed by atoms with Crippen LogP contribution in [0.4, 0.5) is 0 Å². The zero-order valence-electron chi connectivity index (χ0n) is 11.7. The molecule has 1 aromatic rings. The number of benzene rings is 1. The van der Waals surface area contributed by atoms with Gasteiger partial charge in [-0.15, -0.1) is 0 Å². The lowest BCUT2D eigenvalue weighted by molar-refractivity contribution is -0.0191. The molecule has 2 saturated heterocycles. The Morgan fingerprint density at radius 3 is 2.84 bits per heavy atom. The minimum atomic E-state index is -0.550. The Labute approximate surface area is 115 Å². The molecule has 0 saturated carbocycles. The van der Waals surface area contributed by atoms with Crippen molar-refractivity contribution >= 4 is 0 Å². The van der Waals surface area contributed by atoms with Crippen LogP contribution < -0.4 is 5.32 Å². The molecule has 2 aliphatic rings. The van der Waals surface area contributed by atoms with E-state index in [4.69, 9.17) is 0 Å². The Bertz CT molecular complexity index is 416.